The molecule has 1 N–H and O–H groups in total. The predicted molar refractivity (Wildman–Crippen MR) is 62.9 cm³/mol. The van der Waals surface area contributed by atoms with E-state index in [4.69, 9.17) is 0 Å². The Hall–Kier alpha value is -0.890. The SMILES string of the molecule is CCNCC1CCCC1c1cccnc1. The molecule has 0 bridgehead atoms. The van der Waals surface area contributed by atoms with Crippen molar-refractivity contribution in [3.63, 3.8) is 0 Å². The lowest BCUT2D eigenvalue weighted by molar-refractivity contribution is 0.450. The molecule has 0 amide bonds. The molecule has 1 saturated carbocycles. The van der Waals surface area contributed by atoms with Gasteiger partial charge in [0.2, 0.25) is 0 Å². The third kappa shape index (κ3) is 2.57. The Morgan fingerprint density at radius 2 is 2.40 bits per heavy atom. The smallest absolute Gasteiger partial charge is 0.0302 e. The van der Waals surface area contributed by atoms with Crippen molar-refractivity contribution in [2.75, 3.05) is 13.1 Å². The molecule has 0 radical (unpaired) electrons. The molecule has 1 fully saturated rings. The first-order chi connectivity index (χ1) is 7.42. The molecule has 2 atom stereocenters. The highest BCUT2D eigenvalue weighted by Crippen LogP contribution is 2.38. The summed E-state index contributed by atoms with van der Waals surface area (Å²) in [5.74, 6) is 1.55. The maximum atomic E-state index is 4.22. The average Bonchev–Trinajstić information content (AvgIpc) is 2.75. The zero-order chi connectivity index (χ0) is 10.5. The summed E-state index contributed by atoms with van der Waals surface area (Å²) in [7, 11) is 0. The van der Waals surface area contributed by atoms with Crippen LogP contribution in [0.2, 0.25) is 0 Å². The van der Waals surface area contributed by atoms with E-state index in [-0.39, 0.29) is 0 Å². The second kappa shape index (κ2) is 5.26. The van der Waals surface area contributed by atoms with E-state index in [2.05, 4.69) is 29.4 Å². The fourth-order valence-electron chi connectivity index (χ4n) is 2.65. The van der Waals surface area contributed by atoms with E-state index in [1.54, 1.807) is 0 Å². The van der Waals surface area contributed by atoms with Crippen molar-refractivity contribution in [1.29, 1.82) is 0 Å². The lowest BCUT2D eigenvalue weighted by Crippen LogP contribution is -2.24. The molecule has 1 aromatic heterocycles. The van der Waals surface area contributed by atoms with Crippen molar-refractivity contribution in [2.45, 2.75) is 32.1 Å². The second-order valence-corrected chi connectivity index (χ2v) is 4.39. The van der Waals surface area contributed by atoms with Gasteiger partial charge in [-0.15, -0.1) is 0 Å². The van der Waals surface area contributed by atoms with Crippen LogP contribution in [0.25, 0.3) is 0 Å². The fraction of sp³-hybridized carbons (Fsp3) is 0.615. The number of pyridine rings is 1. The van der Waals surface area contributed by atoms with Crippen molar-refractivity contribution in [1.82, 2.24) is 10.3 Å². The Bertz CT molecular complexity index is 284. The van der Waals surface area contributed by atoms with Gasteiger partial charge >= 0.3 is 0 Å². The highest BCUT2D eigenvalue weighted by molar-refractivity contribution is 5.17. The van der Waals surface area contributed by atoms with E-state index in [1.807, 2.05) is 12.4 Å². The summed E-state index contributed by atoms with van der Waals surface area (Å²) in [5.41, 5.74) is 1.43. The van der Waals surface area contributed by atoms with Gasteiger partial charge in [-0.25, -0.2) is 0 Å². The maximum absolute atomic E-state index is 4.22. The Morgan fingerprint density at radius 1 is 1.47 bits per heavy atom. The first-order valence-electron chi connectivity index (χ1n) is 6.02. The monoisotopic (exact) mass is 204 g/mol. The average molecular weight is 204 g/mol. The zero-order valence-corrected chi connectivity index (χ0v) is 9.45. The normalized spacial score (nSPS) is 25.7. The third-order valence-corrected chi connectivity index (χ3v) is 3.43. The number of nitrogens with zero attached hydrogens (tertiary/aromatic N) is 1. The molecule has 0 saturated heterocycles. The molecule has 82 valence electrons. The Morgan fingerprint density at radius 3 is 3.13 bits per heavy atom. The van der Waals surface area contributed by atoms with Crippen LogP contribution < -0.4 is 5.32 Å². The highest BCUT2D eigenvalue weighted by Gasteiger charge is 2.27. The van der Waals surface area contributed by atoms with Gasteiger partial charge in [0.1, 0.15) is 0 Å². The van der Waals surface area contributed by atoms with Crippen molar-refractivity contribution < 1.29 is 0 Å². The summed E-state index contributed by atoms with van der Waals surface area (Å²) >= 11 is 0. The molecule has 0 aliphatic heterocycles. The minimum absolute atomic E-state index is 0.734. The van der Waals surface area contributed by atoms with Crippen molar-refractivity contribution >= 4 is 0 Å². The summed E-state index contributed by atoms with van der Waals surface area (Å²) < 4.78 is 0. The zero-order valence-electron chi connectivity index (χ0n) is 9.45. The largest absolute Gasteiger partial charge is 0.317 e. The molecular weight excluding hydrogens is 184 g/mol. The summed E-state index contributed by atoms with van der Waals surface area (Å²) in [4.78, 5) is 4.22. The van der Waals surface area contributed by atoms with E-state index >= 15 is 0 Å². The second-order valence-electron chi connectivity index (χ2n) is 4.39. The quantitative estimate of drug-likeness (QED) is 0.815. The van der Waals surface area contributed by atoms with E-state index < -0.39 is 0 Å². The van der Waals surface area contributed by atoms with Crippen molar-refractivity contribution in [3.05, 3.63) is 30.1 Å². The van der Waals surface area contributed by atoms with Crippen molar-refractivity contribution in [2.24, 2.45) is 5.92 Å². The first-order valence-corrected chi connectivity index (χ1v) is 6.02. The summed E-state index contributed by atoms with van der Waals surface area (Å²) in [6.45, 7) is 4.42. The van der Waals surface area contributed by atoms with Crippen LogP contribution in [0.1, 0.15) is 37.7 Å². The minimum atomic E-state index is 0.734. The Kier molecular flexibility index (Phi) is 3.73. The number of hydrogen-bond acceptors (Lipinski definition) is 2. The molecule has 0 spiro atoms. The first kappa shape index (κ1) is 10.6. The van der Waals surface area contributed by atoms with Crippen LogP contribution >= 0.6 is 0 Å². The standard InChI is InChI=1S/C13H20N2/c1-2-14-9-11-5-3-7-13(11)12-6-4-8-15-10-12/h4,6,8,10-11,13-14H,2-3,5,7,9H2,1H3. The highest BCUT2D eigenvalue weighted by atomic mass is 14.8. The Labute approximate surface area is 92.1 Å². The number of rotatable bonds is 4. The van der Waals surface area contributed by atoms with Gasteiger partial charge < -0.3 is 5.32 Å². The molecule has 1 aliphatic carbocycles. The molecule has 2 nitrogen and oxygen atoms in total. The molecule has 0 aromatic carbocycles. The topological polar surface area (TPSA) is 24.9 Å². The van der Waals surface area contributed by atoms with Gasteiger partial charge in [-0.05, 0) is 49.4 Å². The van der Waals surface area contributed by atoms with Crippen molar-refractivity contribution in [3.8, 4) is 0 Å². The third-order valence-electron chi connectivity index (χ3n) is 3.43. The molecule has 1 aliphatic rings. The van der Waals surface area contributed by atoms with Crippen LogP contribution in [0.15, 0.2) is 24.5 Å². The van der Waals surface area contributed by atoms with Gasteiger partial charge in [0, 0.05) is 12.4 Å². The van der Waals surface area contributed by atoms with Gasteiger partial charge in [0.15, 0.2) is 0 Å². The van der Waals surface area contributed by atoms with Crippen LogP contribution in [-0.2, 0) is 0 Å². The molecule has 1 aromatic rings. The van der Waals surface area contributed by atoms with Gasteiger partial charge in [0.25, 0.3) is 0 Å². The maximum Gasteiger partial charge on any atom is 0.0302 e. The van der Waals surface area contributed by atoms with Crippen LogP contribution in [0.4, 0.5) is 0 Å². The van der Waals surface area contributed by atoms with Gasteiger partial charge in [-0.2, -0.15) is 0 Å². The minimum Gasteiger partial charge on any atom is -0.317 e. The molecule has 2 rings (SSSR count). The molecular formula is C13H20N2. The van der Waals surface area contributed by atoms with Crippen LogP contribution in [0.3, 0.4) is 0 Å². The molecule has 2 unspecified atom stereocenters. The Balaban J connectivity index is 2.01. The number of nitrogens with one attached hydrogen (secondary N) is 1. The van der Waals surface area contributed by atoms with Gasteiger partial charge in [-0.1, -0.05) is 19.4 Å². The van der Waals surface area contributed by atoms with Gasteiger partial charge in [-0.3, -0.25) is 4.98 Å². The number of aromatic nitrogens is 1. The lowest BCUT2D eigenvalue weighted by Gasteiger charge is -2.19. The van der Waals surface area contributed by atoms with E-state index in [9.17, 15) is 0 Å². The molecule has 1 heterocycles. The van der Waals surface area contributed by atoms with E-state index in [1.165, 1.54) is 24.8 Å². The lowest BCUT2D eigenvalue weighted by atomic mass is 9.90. The van der Waals surface area contributed by atoms with Crippen LogP contribution in [-0.4, -0.2) is 18.1 Å². The fourth-order valence-corrected chi connectivity index (χ4v) is 2.65. The van der Waals surface area contributed by atoms with Crippen LogP contribution in [0.5, 0.6) is 0 Å². The summed E-state index contributed by atoms with van der Waals surface area (Å²) in [6.07, 6.45) is 7.97. The summed E-state index contributed by atoms with van der Waals surface area (Å²) in [5, 5.41) is 3.47. The van der Waals surface area contributed by atoms with E-state index in [0.717, 1.165) is 24.9 Å². The van der Waals surface area contributed by atoms with Crippen LogP contribution in [0, 0.1) is 5.92 Å². The number of hydrogen-bond donors (Lipinski definition) is 1. The van der Waals surface area contributed by atoms with Gasteiger partial charge in [0.05, 0.1) is 0 Å². The van der Waals surface area contributed by atoms with E-state index in [0.29, 0.717) is 0 Å². The summed E-state index contributed by atoms with van der Waals surface area (Å²) in [6, 6.07) is 4.28. The predicted octanol–water partition coefficient (Wildman–Crippen LogP) is 2.57. The molecule has 15 heavy (non-hydrogen) atoms. The molecule has 2 heteroatoms.